The van der Waals surface area contributed by atoms with Crippen molar-refractivity contribution in [1.29, 1.82) is 0 Å². The molecule has 1 fully saturated rings. The van der Waals surface area contributed by atoms with E-state index in [0.29, 0.717) is 13.1 Å². The molecule has 6 heteroatoms. The van der Waals surface area contributed by atoms with Crippen molar-refractivity contribution in [2.45, 2.75) is 19.3 Å². The summed E-state index contributed by atoms with van der Waals surface area (Å²) in [6.07, 6.45) is -0.704. The Bertz CT molecular complexity index is 211. The standard InChI is InChI=1S/C8H15F2N3O/c9-7(10)5-13-3-1-2-6(4-13)8(11)12-14/h6-7,14H,1-5H2,(H2,11,12). The molecule has 0 spiro atoms. The molecule has 0 saturated carbocycles. The largest absolute Gasteiger partial charge is 0.409 e. The number of nitrogens with two attached hydrogens (primary N) is 1. The van der Waals surface area contributed by atoms with E-state index < -0.39 is 6.43 Å². The highest BCUT2D eigenvalue weighted by molar-refractivity contribution is 5.82. The van der Waals surface area contributed by atoms with Crippen LogP contribution in [0.4, 0.5) is 8.78 Å². The van der Waals surface area contributed by atoms with Gasteiger partial charge in [-0.1, -0.05) is 5.16 Å². The minimum atomic E-state index is -2.32. The van der Waals surface area contributed by atoms with Crippen molar-refractivity contribution in [2.24, 2.45) is 16.8 Å². The monoisotopic (exact) mass is 207 g/mol. The first-order valence-electron chi connectivity index (χ1n) is 4.61. The topological polar surface area (TPSA) is 61.9 Å². The normalized spacial score (nSPS) is 25.6. The Kier molecular flexibility index (Phi) is 4.06. The van der Waals surface area contributed by atoms with Gasteiger partial charge in [0, 0.05) is 12.5 Å². The van der Waals surface area contributed by atoms with E-state index in [1.54, 1.807) is 4.90 Å². The summed E-state index contributed by atoms with van der Waals surface area (Å²) in [6, 6.07) is 0. The summed E-state index contributed by atoms with van der Waals surface area (Å²) < 4.78 is 24.2. The summed E-state index contributed by atoms with van der Waals surface area (Å²) in [5.74, 6) is 0.0523. The third-order valence-electron chi connectivity index (χ3n) is 2.44. The molecule has 0 aliphatic carbocycles. The van der Waals surface area contributed by atoms with E-state index in [-0.39, 0.29) is 18.3 Å². The molecule has 1 aliphatic rings. The Balaban J connectivity index is 2.43. The van der Waals surface area contributed by atoms with Crippen molar-refractivity contribution >= 4 is 5.84 Å². The number of halogens is 2. The summed E-state index contributed by atoms with van der Waals surface area (Å²) >= 11 is 0. The Hall–Kier alpha value is -0.910. The second-order valence-corrected chi connectivity index (χ2v) is 3.51. The lowest BCUT2D eigenvalue weighted by Crippen LogP contribution is -2.43. The van der Waals surface area contributed by atoms with Gasteiger partial charge in [0.25, 0.3) is 6.43 Å². The molecule has 0 aromatic rings. The number of nitrogens with zero attached hydrogens (tertiary/aromatic N) is 2. The predicted molar refractivity (Wildman–Crippen MR) is 48.6 cm³/mol. The average Bonchev–Trinajstić information content (AvgIpc) is 2.16. The van der Waals surface area contributed by atoms with Gasteiger partial charge in [-0.3, -0.25) is 4.90 Å². The lowest BCUT2D eigenvalue weighted by atomic mass is 9.97. The number of amidine groups is 1. The Morgan fingerprint density at radius 2 is 2.36 bits per heavy atom. The van der Waals surface area contributed by atoms with Crippen LogP contribution in [0.5, 0.6) is 0 Å². The highest BCUT2D eigenvalue weighted by Crippen LogP contribution is 2.17. The number of hydrogen-bond acceptors (Lipinski definition) is 3. The van der Waals surface area contributed by atoms with Crippen LogP contribution in [0.3, 0.4) is 0 Å². The average molecular weight is 207 g/mol. The van der Waals surface area contributed by atoms with Crippen molar-refractivity contribution in [3.63, 3.8) is 0 Å². The van der Waals surface area contributed by atoms with Gasteiger partial charge in [0.05, 0.1) is 6.54 Å². The maximum Gasteiger partial charge on any atom is 0.251 e. The van der Waals surface area contributed by atoms with Gasteiger partial charge in [0.1, 0.15) is 5.84 Å². The lowest BCUT2D eigenvalue weighted by Gasteiger charge is -2.31. The zero-order valence-electron chi connectivity index (χ0n) is 7.87. The molecule has 0 radical (unpaired) electrons. The third-order valence-corrected chi connectivity index (χ3v) is 2.44. The minimum absolute atomic E-state index is 0.0903. The van der Waals surface area contributed by atoms with Crippen molar-refractivity contribution < 1.29 is 14.0 Å². The van der Waals surface area contributed by atoms with Gasteiger partial charge in [-0.25, -0.2) is 8.78 Å². The summed E-state index contributed by atoms with van der Waals surface area (Å²) in [5.41, 5.74) is 5.43. The smallest absolute Gasteiger partial charge is 0.251 e. The van der Waals surface area contributed by atoms with Crippen LogP contribution in [-0.4, -0.2) is 42.0 Å². The Labute approximate surface area is 81.4 Å². The van der Waals surface area contributed by atoms with Crippen molar-refractivity contribution in [1.82, 2.24) is 4.90 Å². The van der Waals surface area contributed by atoms with E-state index in [1.165, 1.54) is 0 Å². The van der Waals surface area contributed by atoms with Crippen LogP contribution in [-0.2, 0) is 0 Å². The molecule has 0 aromatic heterocycles. The lowest BCUT2D eigenvalue weighted by molar-refractivity contribution is 0.0723. The number of rotatable bonds is 3. The third kappa shape index (κ3) is 3.10. The molecule has 1 heterocycles. The molecule has 1 unspecified atom stereocenters. The van der Waals surface area contributed by atoms with Crippen molar-refractivity contribution in [3.8, 4) is 0 Å². The second kappa shape index (κ2) is 5.09. The van der Waals surface area contributed by atoms with E-state index >= 15 is 0 Å². The molecular weight excluding hydrogens is 192 g/mol. The zero-order chi connectivity index (χ0) is 10.6. The first-order valence-corrected chi connectivity index (χ1v) is 4.61. The van der Waals surface area contributed by atoms with Gasteiger partial charge >= 0.3 is 0 Å². The van der Waals surface area contributed by atoms with Crippen LogP contribution in [0.1, 0.15) is 12.8 Å². The number of likely N-dealkylation sites (tertiary alicyclic amines) is 1. The van der Waals surface area contributed by atoms with Crippen LogP contribution in [0, 0.1) is 5.92 Å². The van der Waals surface area contributed by atoms with E-state index in [1.807, 2.05) is 0 Å². The SMILES string of the molecule is NC(=NO)C1CCCN(CC(F)F)C1. The van der Waals surface area contributed by atoms with Gasteiger partial charge in [-0.05, 0) is 19.4 Å². The first-order chi connectivity index (χ1) is 6.63. The Morgan fingerprint density at radius 3 is 2.93 bits per heavy atom. The Morgan fingerprint density at radius 1 is 1.64 bits per heavy atom. The van der Waals surface area contributed by atoms with Crippen LogP contribution in [0.15, 0.2) is 5.16 Å². The molecule has 82 valence electrons. The molecule has 0 aromatic carbocycles. The van der Waals surface area contributed by atoms with Crippen molar-refractivity contribution in [3.05, 3.63) is 0 Å². The van der Waals surface area contributed by atoms with E-state index in [2.05, 4.69) is 5.16 Å². The van der Waals surface area contributed by atoms with Crippen molar-refractivity contribution in [2.75, 3.05) is 19.6 Å². The van der Waals surface area contributed by atoms with Crippen LogP contribution in [0.2, 0.25) is 0 Å². The molecule has 4 nitrogen and oxygen atoms in total. The van der Waals surface area contributed by atoms with Gasteiger partial charge < -0.3 is 10.9 Å². The molecular formula is C8H15F2N3O. The maximum absolute atomic E-state index is 12.1. The van der Waals surface area contributed by atoms with E-state index in [9.17, 15) is 8.78 Å². The van der Waals surface area contributed by atoms with E-state index in [4.69, 9.17) is 10.9 Å². The molecule has 1 atom stereocenters. The van der Waals surface area contributed by atoms with Crippen LogP contribution < -0.4 is 5.73 Å². The molecule has 1 saturated heterocycles. The maximum atomic E-state index is 12.1. The number of alkyl halides is 2. The fourth-order valence-electron chi connectivity index (χ4n) is 1.74. The number of oxime groups is 1. The number of hydrogen-bond donors (Lipinski definition) is 2. The fraction of sp³-hybridized carbons (Fsp3) is 0.875. The quantitative estimate of drug-likeness (QED) is 0.310. The van der Waals surface area contributed by atoms with E-state index in [0.717, 1.165) is 12.8 Å². The molecule has 14 heavy (non-hydrogen) atoms. The van der Waals surface area contributed by atoms with Gasteiger partial charge in [-0.2, -0.15) is 0 Å². The zero-order valence-corrected chi connectivity index (χ0v) is 7.87. The van der Waals surface area contributed by atoms with Gasteiger partial charge in [0.2, 0.25) is 0 Å². The molecule has 0 bridgehead atoms. The summed E-state index contributed by atoms with van der Waals surface area (Å²) in [6.45, 7) is 0.898. The predicted octanol–water partition coefficient (Wildman–Crippen LogP) is 0.710. The fourth-order valence-corrected chi connectivity index (χ4v) is 1.74. The second-order valence-electron chi connectivity index (χ2n) is 3.51. The molecule has 1 aliphatic heterocycles. The first kappa shape index (κ1) is 11.2. The molecule has 0 amide bonds. The van der Waals surface area contributed by atoms with Crippen LogP contribution in [0.25, 0.3) is 0 Å². The number of piperidine rings is 1. The van der Waals surface area contributed by atoms with Gasteiger partial charge in [-0.15, -0.1) is 0 Å². The van der Waals surface area contributed by atoms with Gasteiger partial charge in [0.15, 0.2) is 0 Å². The summed E-state index contributed by atoms with van der Waals surface area (Å²) in [7, 11) is 0. The summed E-state index contributed by atoms with van der Waals surface area (Å²) in [4.78, 5) is 1.65. The highest BCUT2D eigenvalue weighted by Gasteiger charge is 2.24. The molecule has 1 rings (SSSR count). The van der Waals surface area contributed by atoms with Crippen LogP contribution >= 0.6 is 0 Å². The summed E-state index contributed by atoms with van der Waals surface area (Å²) in [5, 5.41) is 11.4. The minimum Gasteiger partial charge on any atom is -0.409 e. The highest BCUT2D eigenvalue weighted by atomic mass is 19.3. The molecule has 3 N–H and O–H groups in total.